The third-order valence-corrected chi connectivity index (χ3v) is 4.56. The van der Waals surface area contributed by atoms with Crippen molar-refractivity contribution in [3.05, 3.63) is 59.9 Å². The monoisotopic (exact) mass is 354 g/mol. The molecule has 5 nitrogen and oxygen atoms in total. The van der Waals surface area contributed by atoms with Gasteiger partial charge in [0, 0.05) is 30.2 Å². The van der Waals surface area contributed by atoms with Gasteiger partial charge in [-0.25, -0.2) is 5.01 Å². The number of pyridine rings is 1. The van der Waals surface area contributed by atoms with E-state index in [1.807, 2.05) is 24.4 Å². The average Bonchev–Trinajstić information content (AvgIpc) is 2.63. The van der Waals surface area contributed by atoms with E-state index in [1.54, 1.807) is 25.3 Å². The van der Waals surface area contributed by atoms with E-state index in [1.165, 1.54) is 12.0 Å². The predicted molar refractivity (Wildman–Crippen MR) is 103 cm³/mol. The van der Waals surface area contributed by atoms with Gasteiger partial charge in [-0.15, -0.1) is 0 Å². The third kappa shape index (κ3) is 4.61. The molecule has 1 saturated heterocycles. The molecule has 2 aromatic rings. The molecule has 25 heavy (non-hydrogen) atoms. The Balaban J connectivity index is 1.63. The van der Waals surface area contributed by atoms with E-state index >= 15 is 0 Å². The van der Waals surface area contributed by atoms with Crippen molar-refractivity contribution in [3.8, 4) is 0 Å². The molecule has 0 saturated carbocycles. The molecule has 1 fully saturated rings. The fraction of sp³-hybridized carbons (Fsp3) is 0.316. The molecule has 1 aromatic carbocycles. The summed E-state index contributed by atoms with van der Waals surface area (Å²) in [5, 5.41) is 5.91. The standard InChI is InChI=1S/C19H22N4OS/c1-14(24)15-7-9-17(10-8-15)21-19(25)22-23-12-3-2-6-18(23)16-5-4-11-20-13-16/h4-5,7-11,13,18H,2-3,6,12H2,1H3,(H2,21,22,25)/t18-/m0/s1. The molecule has 1 aliphatic heterocycles. The second kappa shape index (κ2) is 8.18. The van der Waals surface area contributed by atoms with Gasteiger partial charge in [0.1, 0.15) is 0 Å². The van der Waals surface area contributed by atoms with Crippen molar-refractivity contribution >= 4 is 28.8 Å². The fourth-order valence-electron chi connectivity index (χ4n) is 3.06. The molecule has 130 valence electrons. The highest BCUT2D eigenvalue weighted by atomic mass is 32.1. The summed E-state index contributed by atoms with van der Waals surface area (Å²) in [6.07, 6.45) is 7.13. The number of ketones is 1. The van der Waals surface area contributed by atoms with Crippen LogP contribution in [-0.4, -0.2) is 27.4 Å². The summed E-state index contributed by atoms with van der Waals surface area (Å²) in [7, 11) is 0. The summed E-state index contributed by atoms with van der Waals surface area (Å²) in [6.45, 7) is 2.49. The zero-order valence-corrected chi connectivity index (χ0v) is 15.1. The smallest absolute Gasteiger partial charge is 0.185 e. The number of hydrogen-bond donors (Lipinski definition) is 2. The Bertz CT molecular complexity index is 733. The summed E-state index contributed by atoms with van der Waals surface area (Å²) in [6, 6.07) is 11.7. The number of nitrogens with zero attached hydrogens (tertiary/aromatic N) is 2. The lowest BCUT2D eigenvalue weighted by molar-refractivity contribution is 0.101. The summed E-state index contributed by atoms with van der Waals surface area (Å²) >= 11 is 5.46. The maximum absolute atomic E-state index is 11.3. The Morgan fingerprint density at radius 1 is 1.24 bits per heavy atom. The molecule has 0 spiro atoms. The number of nitrogens with one attached hydrogen (secondary N) is 2. The van der Waals surface area contributed by atoms with Crippen LogP contribution in [0.1, 0.15) is 48.1 Å². The number of thiocarbonyl (C=S) groups is 1. The van der Waals surface area contributed by atoms with Crippen LogP contribution in [0, 0.1) is 0 Å². The maximum atomic E-state index is 11.3. The van der Waals surface area contributed by atoms with Gasteiger partial charge in [0.2, 0.25) is 0 Å². The van der Waals surface area contributed by atoms with Gasteiger partial charge in [0.05, 0.1) is 6.04 Å². The molecule has 1 aromatic heterocycles. The topological polar surface area (TPSA) is 57.3 Å². The molecule has 0 radical (unpaired) electrons. The van der Waals surface area contributed by atoms with Crippen molar-refractivity contribution in [1.29, 1.82) is 0 Å². The summed E-state index contributed by atoms with van der Waals surface area (Å²) in [5.74, 6) is 0.0554. The largest absolute Gasteiger partial charge is 0.332 e. The zero-order chi connectivity index (χ0) is 17.6. The van der Waals surface area contributed by atoms with Gasteiger partial charge in [0.15, 0.2) is 10.9 Å². The molecule has 2 N–H and O–H groups in total. The maximum Gasteiger partial charge on any atom is 0.185 e. The van der Waals surface area contributed by atoms with E-state index in [9.17, 15) is 4.79 Å². The number of anilines is 1. The first-order chi connectivity index (χ1) is 12.1. The fourth-order valence-corrected chi connectivity index (χ4v) is 3.30. The van der Waals surface area contributed by atoms with Gasteiger partial charge in [0.25, 0.3) is 0 Å². The number of hydrazine groups is 1. The minimum Gasteiger partial charge on any atom is -0.332 e. The number of benzene rings is 1. The molecule has 6 heteroatoms. The first kappa shape index (κ1) is 17.5. The zero-order valence-electron chi connectivity index (χ0n) is 14.2. The average molecular weight is 354 g/mol. The van der Waals surface area contributed by atoms with Gasteiger partial charge < -0.3 is 5.32 Å². The summed E-state index contributed by atoms with van der Waals surface area (Å²) in [4.78, 5) is 15.6. The Labute approximate surface area is 153 Å². The molecule has 1 aliphatic rings. The molecule has 0 unspecified atom stereocenters. The number of carbonyl (C=O) groups is 1. The summed E-state index contributed by atoms with van der Waals surface area (Å²) < 4.78 is 0. The number of rotatable bonds is 4. The quantitative estimate of drug-likeness (QED) is 0.645. The second-order valence-electron chi connectivity index (χ2n) is 6.19. The molecule has 0 bridgehead atoms. The minimum absolute atomic E-state index is 0.0554. The van der Waals surface area contributed by atoms with Gasteiger partial charge in [-0.05, 0) is 67.9 Å². The molecular weight excluding hydrogens is 332 g/mol. The number of Topliss-reactive ketones (excluding diaryl/α,β-unsaturated/α-hetero) is 1. The van der Waals surface area contributed by atoms with Crippen LogP contribution in [0.15, 0.2) is 48.8 Å². The highest BCUT2D eigenvalue weighted by molar-refractivity contribution is 7.80. The molecule has 3 rings (SSSR count). The van der Waals surface area contributed by atoms with Crippen LogP contribution in [0.25, 0.3) is 0 Å². The van der Waals surface area contributed by atoms with Crippen molar-refractivity contribution < 1.29 is 4.79 Å². The van der Waals surface area contributed by atoms with E-state index in [2.05, 4.69) is 26.8 Å². The number of piperidine rings is 1. The predicted octanol–water partition coefficient (Wildman–Crippen LogP) is 3.71. The van der Waals surface area contributed by atoms with Crippen molar-refractivity contribution in [2.24, 2.45) is 0 Å². The van der Waals surface area contributed by atoms with Crippen LogP contribution in [-0.2, 0) is 0 Å². The first-order valence-corrected chi connectivity index (χ1v) is 8.89. The van der Waals surface area contributed by atoms with E-state index in [0.29, 0.717) is 10.7 Å². The minimum atomic E-state index is 0.0554. The second-order valence-corrected chi connectivity index (χ2v) is 6.60. The summed E-state index contributed by atoms with van der Waals surface area (Å²) in [5.41, 5.74) is 6.06. The lowest BCUT2D eigenvalue weighted by Gasteiger charge is -2.36. The van der Waals surface area contributed by atoms with Gasteiger partial charge in [-0.1, -0.05) is 12.5 Å². The van der Waals surface area contributed by atoms with Crippen LogP contribution < -0.4 is 10.7 Å². The lowest BCUT2D eigenvalue weighted by Crippen LogP contribution is -2.48. The van der Waals surface area contributed by atoms with Crippen LogP contribution in [0.3, 0.4) is 0 Å². The van der Waals surface area contributed by atoms with Gasteiger partial charge in [-0.3, -0.25) is 15.2 Å². The SMILES string of the molecule is CC(=O)c1ccc(NC(=S)NN2CCCC[C@H]2c2cccnc2)cc1. The Kier molecular flexibility index (Phi) is 5.73. The molecule has 0 aliphatic carbocycles. The van der Waals surface area contributed by atoms with Crippen molar-refractivity contribution in [2.45, 2.75) is 32.2 Å². The highest BCUT2D eigenvalue weighted by Crippen LogP contribution is 2.28. The lowest BCUT2D eigenvalue weighted by atomic mass is 9.98. The van der Waals surface area contributed by atoms with Gasteiger partial charge in [-0.2, -0.15) is 0 Å². The van der Waals surface area contributed by atoms with Crippen LogP contribution >= 0.6 is 12.2 Å². The molecule has 2 heterocycles. The van der Waals surface area contributed by atoms with Crippen molar-refractivity contribution in [2.75, 3.05) is 11.9 Å². The van der Waals surface area contributed by atoms with Gasteiger partial charge >= 0.3 is 0 Å². The third-order valence-electron chi connectivity index (χ3n) is 4.37. The number of carbonyl (C=O) groups excluding carboxylic acids is 1. The number of aromatic nitrogens is 1. The van der Waals surface area contributed by atoms with E-state index < -0.39 is 0 Å². The Hall–Kier alpha value is -2.31. The normalized spacial score (nSPS) is 17.7. The van der Waals surface area contributed by atoms with Crippen LogP contribution in [0.4, 0.5) is 5.69 Å². The van der Waals surface area contributed by atoms with Crippen molar-refractivity contribution in [1.82, 2.24) is 15.4 Å². The van der Waals surface area contributed by atoms with Crippen LogP contribution in [0.5, 0.6) is 0 Å². The number of hydrogen-bond acceptors (Lipinski definition) is 4. The van der Waals surface area contributed by atoms with E-state index in [0.717, 1.165) is 25.1 Å². The Morgan fingerprint density at radius 3 is 2.72 bits per heavy atom. The molecule has 1 atom stereocenters. The molecule has 0 amide bonds. The Morgan fingerprint density at radius 2 is 2.04 bits per heavy atom. The van der Waals surface area contributed by atoms with Crippen molar-refractivity contribution in [3.63, 3.8) is 0 Å². The van der Waals surface area contributed by atoms with E-state index in [-0.39, 0.29) is 11.8 Å². The highest BCUT2D eigenvalue weighted by Gasteiger charge is 2.24. The van der Waals surface area contributed by atoms with E-state index in [4.69, 9.17) is 12.2 Å². The first-order valence-electron chi connectivity index (χ1n) is 8.48. The molecular formula is C19H22N4OS. The van der Waals surface area contributed by atoms with Crippen LogP contribution in [0.2, 0.25) is 0 Å².